The third-order valence-corrected chi connectivity index (χ3v) is 4.08. The fraction of sp³-hybridized carbons (Fsp3) is 0.111. The summed E-state index contributed by atoms with van der Waals surface area (Å²) >= 11 is 3.25. The van der Waals surface area contributed by atoms with Crippen LogP contribution < -0.4 is 5.32 Å². The van der Waals surface area contributed by atoms with E-state index in [0.717, 1.165) is 15.6 Å². The highest BCUT2D eigenvalue weighted by atomic mass is 79.9. The van der Waals surface area contributed by atoms with Gasteiger partial charge in [-0.25, -0.2) is 0 Å². The van der Waals surface area contributed by atoms with Crippen LogP contribution in [0.3, 0.4) is 0 Å². The Hall–Kier alpha value is -2.60. The Morgan fingerprint density at radius 3 is 2.58 bits per heavy atom. The zero-order chi connectivity index (χ0) is 16.9. The zero-order valence-electron chi connectivity index (χ0n) is 12.8. The number of halogens is 1. The molecule has 2 N–H and O–H groups in total. The number of benzene rings is 2. The number of carbonyl (C=O) groups is 1. The molecule has 0 spiro atoms. The molecule has 0 aliphatic rings. The summed E-state index contributed by atoms with van der Waals surface area (Å²) in [6, 6.07) is 14.7. The minimum atomic E-state index is -0.305. The van der Waals surface area contributed by atoms with E-state index in [1.165, 1.54) is 6.07 Å². The molecule has 0 bridgehead atoms. The molecule has 0 atom stereocenters. The molecule has 1 heterocycles. The minimum absolute atomic E-state index is 0.0450. The van der Waals surface area contributed by atoms with Gasteiger partial charge in [0.2, 0.25) is 0 Å². The van der Waals surface area contributed by atoms with Crippen LogP contribution in [-0.4, -0.2) is 20.8 Å². The molecule has 0 saturated heterocycles. The van der Waals surface area contributed by atoms with Gasteiger partial charge in [0.05, 0.1) is 12.1 Å². The van der Waals surface area contributed by atoms with Crippen LogP contribution >= 0.6 is 15.9 Å². The summed E-state index contributed by atoms with van der Waals surface area (Å²) in [4.78, 5) is 12.1. The van der Waals surface area contributed by atoms with Crippen molar-refractivity contribution in [2.45, 2.75) is 13.1 Å². The Morgan fingerprint density at radius 2 is 1.92 bits per heavy atom. The number of phenolic OH excluding ortho intramolecular Hbond substituents is 1. The Balaban J connectivity index is 1.59. The highest BCUT2D eigenvalue weighted by Crippen LogP contribution is 2.22. The maximum atomic E-state index is 12.1. The molecule has 1 aromatic heterocycles. The van der Waals surface area contributed by atoms with Gasteiger partial charge in [0, 0.05) is 23.4 Å². The summed E-state index contributed by atoms with van der Waals surface area (Å²) in [6.07, 6.45) is 3.67. The first-order valence-corrected chi connectivity index (χ1v) is 8.23. The van der Waals surface area contributed by atoms with Crippen molar-refractivity contribution in [1.82, 2.24) is 15.1 Å². The number of hydrogen-bond donors (Lipinski definition) is 2. The summed E-state index contributed by atoms with van der Waals surface area (Å²) in [5.41, 5.74) is 2.39. The predicted octanol–water partition coefficient (Wildman–Crippen LogP) is 3.33. The molecule has 1 amide bonds. The van der Waals surface area contributed by atoms with Crippen molar-refractivity contribution in [3.8, 4) is 5.75 Å². The van der Waals surface area contributed by atoms with Crippen LogP contribution in [0.1, 0.15) is 21.5 Å². The first-order chi connectivity index (χ1) is 11.6. The number of nitrogens with one attached hydrogen (secondary N) is 1. The molecule has 3 aromatic rings. The maximum Gasteiger partial charge on any atom is 0.255 e. The molecule has 24 heavy (non-hydrogen) atoms. The smallest absolute Gasteiger partial charge is 0.255 e. The number of aromatic nitrogens is 2. The Bertz CT molecular complexity index is 830. The third kappa shape index (κ3) is 4.02. The molecule has 0 aliphatic carbocycles. The second-order valence-electron chi connectivity index (χ2n) is 5.36. The number of amides is 1. The first-order valence-electron chi connectivity index (χ1n) is 7.44. The highest BCUT2D eigenvalue weighted by Gasteiger charge is 2.10. The van der Waals surface area contributed by atoms with Crippen LogP contribution in [-0.2, 0) is 13.1 Å². The summed E-state index contributed by atoms with van der Waals surface area (Å²) < 4.78 is 2.58. The average molecular weight is 386 g/mol. The van der Waals surface area contributed by atoms with Crippen molar-refractivity contribution in [3.05, 3.63) is 82.1 Å². The van der Waals surface area contributed by atoms with E-state index in [4.69, 9.17) is 0 Å². The largest absolute Gasteiger partial charge is 0.507 e. The number of nitrogens with zero attached hydrogens (tertiary/aromatic N) is 2. The third-order valence-electron chi connectivity index (χ3n) is 3.58. The van der Waals surface area contributed by atoms with Crippen molar-refractivity contribution < 1.29 is 9.90 Å². The van der Waals surface area contributed by atoms with Crippen LogP contribution in [0.2, 0.25) is 0 Å². The van der Waals surface area contributed by atoms with Gasteiger partial charge in [-0.2, -0.15) is 5.10 Å². The quantitative estimate of drug-likeness (QED) is 0.707. The molecular weight excluding hydrogens is 370 g/mol. The lowest BCUT2D eigenvalue weighted by atomic mass is 10.1. The molecule has 6 heteroatoms. The van der Waals surface area contributed by atoms with Gasteiger partial charge in [0.1, 0.15) is 5.75 Å². The molecule has 3 rings (SSSR count). The van der Waals surface area contributed by atoms with Gasteiger partial charge in [0.25, 0.3) is 5.91 Å². The summed E-state index contributed by atoms with van der Waals surface area (Å²) in [5, 5.41) is 16.8. The molecule has 5 nitrogen and oxygen atoms in total. The van der Waals surface area contributed by atoms with Crippen LogP contribution in [0.25, 0.3) is 0 Å². The predicted molar refractivity (Wildman–Crippen MR) is 94.7 cm³/mol. The Kier molecular flexibility index (Phi) is 4.96. The van der Waals surface area contributed by atoms with Crippen LogP contribution in [0.5, 0.6) is 5.75 Å². The highest BCUT2D eigenvalue weighted by molar-refractivity contribution is 9.10. The van der Waals surface area contributed by atoms with E-state index < -0.39 is 0 Å². The van der Waals surface area contributed by atoms with E-state index in [1.807, 2.05) is 41.2 Å². The van der Waals surface area contributed by atoms with E-state index in [0.29, 0.717) is 13.1 Å². The average Bonchev–Trinajstić information content (AvgIpc) is 3.07. The van der Waals surface area contributed by atoms with Gasteiger partial charge in [-0.3, -0.25) is 9.48 Å². The van der Waals surface area contributed by atoms with Crippen LogP contribution in [0, 0.1) is 0 Å². The van der Waals surface area contributed by atoms with E-state index in [2.05, 4.69) is 26.3 Å². The first kappa shape index (κ1) is 16.3. The lowest BCUT2D eigenvalue weighted by molar-refractivity contribution is 0.0948. The lowest BCUT2D eigenvalue weighted by Crippen LogP contribution is -2.22. The van der Waals surface area contributed by atoms with Crippen molar-refractivity contribution in [2.24, 2.45) is 0 Å². The monoisotopic (exact) mass is 385 g/mol. The van der Waals surface area contributed by atoms with Gasteiger partial charge in [-0.15, -0.1) is 0 Å². The second kappa shape index (κ2) is 7.31. The van der Waals surface area contributed by atoms with Crippen LogP contribution in [0.15, 0.2) is 65.4 Å². The molecule has 0 fully saturated rings. The SMILES string of the molecule is O=C(NCc1ccc(Cn2cccn2)cc1)c1ccc(Br)cc1O. The van der Waals surface area contributed by atoms with Gasteiger partial charge < -0.3 is 10.4 Å². The lowest BCUT2D eigenvalue weighted by Gasteiger charge is -2.08. The summed E-state index contributed by atoms with van der Waals surface area (Å²) in [7, 11) is 0. The summed E-state index contributed by atoms with van der Waals surface area (Å²) in [6.45, 7) is 1.11. The van der Waals surface area contributed by atoms with E-state index in [1.54, 1.807) is 18.3 Å². The molecule has 0 radical (unpaired) electrons. The Labute approximate surface area is 148 Å². The molecule has 122 valence electrons. The van der Waals surface area contributed by atoms with Crippen molar-refractivity contribution in [3.63, 3.8) is 0 Å². The normalized spacial score (nSPS) is 10.5. The van der Waals surface area contributed by atoms with Crippen LogP contribution in [0.4, 0.5) is 0 Å². The number of rotatable bonds is 5. The number of carbonyl (C=O) groups excluding carboxylic acids is 1. The number of phenols is 1. The molecule has 2 aromatic carbocycles. The van der Waals surface area contributed by atoms with Gasteiger partial charge in [-0.1, -0.05) is 40.2 Å². The number of hydrogen-bond acceptors (Lipinski definition) is 3. The van der Waals surface area contributed by atoms with Gasteiger partial charge in [0.15, 0.2) is 0 Å². The van der Waals surface area contributed by atoms with E-state index >= 15 is 0 Å². The molecular formula is C18H16BrN3O2. The van der Waals surface area contributed by atoms with Crippen molar-refractivity contribution in [2.75, 3.05) is 0 Å². The van der Waals surface area contributed by atoms with Crippen molar-refractivity contribution in [1.29, 1.82) is 0 Å². The van der Waals surface area contributed by atoms with Crippen molar-refractivity contribution >= 4 is 21.8 Å². The minimum Gasteiger partial charge on any atom is -0.507 e. The molecule has 0 aliphatic heterocycles. The fourth-order valence-corrected chi connectivity index (χ4v) is 2.67. The Morgan fingerprint density at radius 1 is 1.17 bits per heavy atom. The fourth-order valence-electron chi connectivity index (χ4n) is 2.32. The van der Waals surface area contributed by atoms with E-state index in [9.17, 15) is 9.90 Å². The maximum absolute atomic E-state index is 12.1. The topological polar surface area (TPSA) is 67.2 Å². The second-order valence-corrected chi connectivity index (χ2v) is 6.28. The number of aromatic hydroxyl groups is 1. The zero-order valence-corrected chi connectivity index (χ0v) is 14.4. The standard InChI is InChI=1S/C18H16BrN3O2/c19-15-6-7-16(17(23)10-15)18(24)20-11-13-2-4-14(5-3-13)12-22-9-1-8-21-22/h1-10,23H,11-12H2,(H,20,24). The molecule has 0 unspecified atom stereocenters. The van der Waals surface area contributed by atoms with Gasteiger partial charge in [-0.05, 0) is 35.4 Å². The van der Waals surface area contributed by atoms with Gasteiger partial charge >= 0.3 is 0 Å². The molecule has 0 saturated carbocycles. The van der Waals surface area contributed by atoms with E-state index in [-0.39, 0.29) is 17.2 Å². The summed E-state index contributed by atoms with van der Waals surface area (Å²) in [5.74, 6) is -0.350.